The van der Waals surface area contributed by atoms with Gasteiger partial charge in [0.2, 0.25) is 0 Å². The van der Waals surface area contributed by atoms with Gasteiger partial charge in [0.15, 0.2) is 5.69 Å². The average Bonchev–Trinajstić information content (AvgIpc) is 3.19. The maximum Gasteiger partial charge on any atom is 0.274 e. The molecule has 150 valence electrons. The Balaban J connectivity index is 1.39. The summed E-state index contributed by atoms with van der Waals surface area (Å²) in [7, 11) is 0. The van der Waals surface area contributed by atoms with Gasteiger partial charge in [-0.1, -0.05) is 48.6 Å². The lowest BCUT2D eigenvalue weighted by atomic mass is 10.1. The lowest BCUT2D eigenvalue weighted by Crippen LogP contribution is -2.40. The molecule has 28 heavy (non-hydrogen) atoms. The molecule has 6 nitrogen and oxygen atoms in total. The van der Waals surface area contributed by atoms with E-state index >= 15 is 0 Å². The molecule has 1 aliphatic carbocycles. The van der Waals surface area contributed by atoms with Gasteiger partial charge in [-0.2, -0.15) is 0 Å². The zero-order valence-corrected chi connectivity index (χ0v) is 17.2. The summed E-state index contributed by atoms with van der Waals surface area (Å²) in [6, 6.07) is 8.26. The van der Waals surface area contributed by atoms with Gasteiger partial charge in [0, 0.05) is 30.2 Å². The Morgan fingerprint density at radius 3 is 2.71 bits per heavy atom. The third-order valence-corrected chi connectivity index (χ3v) is 6.29. The van der Waals surface area contributed by atoms with Crippen LogP contribution in [0, 0.1) is 6.92 Å². The van der Waals surface area contributed by atoms with Crippen molar-refractivity contribution in [2.45, 2.75) is 64.0 Å². The van der Waals surface area contributed by atoms with Crippen LogP contribution in [0.5, 0.6) is 0 Å². The van der Waals surface area contributed by atoms with Crippen molar-refractivity contribution in [1.29, 1.82) is 0 Å². The molecule has 2 aliphatic rings. The summed E-state index contributed by atoms with van der Waals surface area (Å²) < 4.78 is 1.66. The summed E-state index contributed by atoms with van der Waals surface area (Å²) in [4.78, 5) is 15.4. The standard InChI is InChI=1S/C21H28ClN5O/c1-15-20(24-25-27(15)19-10-6-7-16(22)13-19)21(28)23-17-11-12-26(14-17)18-8-4-2-3-5-9-18/h6-7,10,13,17-18H,2-5,8-9,11-12,14H2,1H3,(H,23,28)/t17-/m0/s1. The number of hydrogen-bond acceptors (Lipinski definition) is 4. The Morgan fingerprint density at radius 2 is 1.96 bits per heavy atom. The van der Waals surface area contributed by atoms with E-state index in [4.69, 9.17) is 11.6 Å². The van der Waals surface area contributed by atoms with Gasteiger partial charge in [0.25, 0.3) is 5.91 Å². The van der Waals surface area contributed by atoms with Crippen LogP contribution in [0.3, 0.4) is 0 Å². The maximum atomic E-state index is 12.8. The van der Waals surface area contributed by atoms with Gasteiger partial charge in [0.1, 0.15) is 0 Å². The molecule has 1 aliphatic heterocycles. The van der Waals surface area contributed by atoms with E-state index in [2.05, 4.69) is 20.5 Å². The fraction of sp³-hybridized carbons (Fsp3) is 0.571. The number of likely N-dealkylation sites (tertiary alicyclic amines) is 1. The van der Waals surface area contributed by atoms with Crippen LogP contribution in [0.25, 0.3) is 5.69 Å². The number of nitrogens with one attached hydrogen (secondary N) is 1. The Labute approximate surface area is 171 Å². The van der Waals surface area contributed by atoms with Crippen LogP contribution in [0.2, 0.25) is 5.02 Å². The van der Waals surface area contributed by atoms with Crippen molar-refractivity contribution in [2.75, 3.05) is 13.1 Å². The molecule has 1 atom stereocenters. The van der Waals surface area contributed by atoms with E-state index in [0.717, 1.165) is 30.9 Å². The molecule has 7 heteroatoms. The quantitative estimate of drug-likeness (QED) is 0.792. The van der Waals surface area contributed by atoms with Crippen LogP contribution < -0.4 is 5.32 Å². The van der Waals surface area contributed by atoms with Crippen LogP contribution in [0.15, 0.2) is 24.3 Å². The molecule has 1 N–H and O–H groups in total. The van der Waals surface area contributed by atoms with Gasteiger partial charge in [-0.05, 0) is 44.4 Å². The van der Waals surface area contributed by atoms with Crippen molar-refractivity contribution in [3.63, 3.8) is 0 Å². The zero-order chi connectivity index (χ0) is 19.5. The van der Waals surface area contributed by atoms with E-state index in [1.807, 2.05) is 31.2 Å². The molecule has 2 heterocycles. The van der Waals surface area contributed by atoms with Crippen molar-refractivity contribution in [3.8, 4) is 5.69 Å². The second kappa shape index (κ2) is 8.62. The summed E-state index contributed by atoms with van der Waals surface area (Å²) >= 11 is 6.07. The van der Waals surface area contributed by atoms with Crippen LogP contribution in [-0.4, -0.2) is 51.0 Å². The summed E-state index contributed by atoms with van der Waals surface area (Å²) in [5, 5.41) is 12.1. The number of amides is 1. The number of nitrogens with zero attached hydrogens (tertiary/aromatic N) is 4. The first-order chi connectivity index (χ1) is 13.6. The summed E-state index contributed by atoms with van der Waals surface area (Å²) in [6.45, 7) is 3.88. The molecule has 1 saturated heterocycles. The Hall–Kier alpha value is -1.92. The van der Waals surface area contributed by atoms with Crippen LogP contribution >= 0.6 is 11.6 Å². The molecular formula is C21H28ClN5O. The number of halogens is 1. The lowest BCUT2D eigenvalue weighted by molar-refractivity contribution is 0.0930. The highest BCUT2D eigenvalue weighted by Gasteiger charge is 2.30. The first-order valence-corrected chi connectivity index (χ1v) is 10.7. The molecule has 1 aromatic carbocycles. The third kappa shape index (κ3) is 4.23. The second-order valence-corrected chi connectivity index (χ2v) is 8.45. The minimum absolute atomic E-state index is 0.140. The monoisotopic (exact) mass is 401 g/mol. The molecule has 1 aromatic heterocycles. The molecule has 2 aromatic rings. The normalized spacial score (nSPS) is 21.6. The number of aromatic nitrogens is 3. The van der Waals surface area contributed by atoms with Crippen molar-refractivity contribution in [2.24, 2.45) is 0 Å². The van der Waals surface area contributed by atoms with Gasteiger partial charge in [0.05, 0.1) is 11.4 Å². The van der Waals surface area contributed by atoms with E-state index in [9.17, 15) is 4.79 Å². The predicted molar refractivity (Wildman–Crippen MR) is 110 cm³/mol. The van der Waals surface area contributed by atoms with Gasteiger partial charge in [-0.25, -0.2) is 4.68 Å². The van der Waals surface area contributed by atoms with Gasteiger partial charge >= 0.3 is 0 Å². The summed E-state index contributed by atoms with van der Waals surface area (Å²) in [6.07, 6.45) is 9.01. The van der Waals surface area contributed by atoms with E-state index in [1.54, 1.807) is 4.68 Å². The molecule has 1 amide bonds. The van der Waals surface area contributed by atoms with E-state index in [-0.39, 0.29) is 11.9 Å². The number of carbonyl (C=O) groups is 1. The molecule has 0 bridgehead atoms. The first-order valence-electron chi connectivity index (χ1n) is 10.3. The summed E-state index contributed by atoms with van der Waals surface area (Å²) in [5.74, 6) is -0.140. The molecule has 1 saturated carbocycles. The highest BCUT2D eigenvalue weighted by molar-refractivity contribution is 6.30. The molecule has 2 fully saturated rings. The largest absolute Gasteiger partial charge is 0.347 e. The fourth-order valence-corrected chi connectivity index (χ4v) is 4.69. The average molecular weight is 402 g/mol. The van der Waals surface area contributed by atoms with Crippen molar-refractivity contribution in [1.82, 2.24) is 25.2 Å². The highest BCUT2D eigenvalue weighted by atomic mass is 35.5. The molecule has 0 radical (unpaired) electrons. The minimum Gasteiger partial charge on any atom is -0.347 e. The molecule has 0 spiro atoms. The van der Waals surface area contributed by atoms with Crippen molar-refractivity contribution < 1.29 is 4.79 Å². The topological polar surface area (TPSA) is 63.1 Å². The Bertz CT molecular complexity index is 828. The van der Waals surface area contributed by atoms with E-state index in [0.29, 0.717) is 16.8 Å². The molecule has 4 rings (SSSR count). The number of carbonyl (C=O) groups excluding carboxylic acids is 1. The zero-order valence-electron chi connectivity index (χ0n) is 16.4. The van der Waals surface area contributed by atoms with Gasteiger partial charge < -0.3 is 5.32 Å². The smallest absolute Gasteiger partial charge is 0.274 e. The molecule has 0 unspecified atom stereocenters. The van der Waals surface area contributed by atoms with Crippen LogP contribution in [0.4, 0.5) is 0 Å². The Kier molecular flexibility index (Phi) is 5.97. The molecular weight excluding hydrogens is 374 g/mol. The summed E-state index contributed by atoms with van der Waals surface area (Å²) in [5.41, 5.74) is 1.91. The van der Waals surface area contributed by atoms with E-state index < -0.39 is 0 Å². The Morgan fingerprint density at radius 1 is 1.18 bits per heavy atom. The van der Waals surface area contributed by atoms with Crippen molar-refractivity contribution in [3.05, 3.63) is 40.7 Å². The number of hydrogen-bond donors (Lipinski definition) is 1. The number of benzene rings is 1. The van der Waals surface area contributed by atoms with Crippen LogP contribution in [-0.2, 0) is 0 Å². The lowest BCUT2D eigenvalue weighted by Gasteiger charge is -2.26. The van der Waals surface area contributed by atoms with Gasteiger partial charge in [-0.3, -0.25) is 9.69 Å². The van der Waals surface area contributed by atoms with Crippen LogP contribution in [0.1, 0.15) is 61.1 Å². The number of rotatable bonds is 4. The van der Waals surface area contributed by atoms with Gasteiger partial charge in [-0.15, -0.1) is 5.10 Å². The predicted octanol–water partition coefficient (Wildman–Crippen LogP) is 3.76. The first kappa shape index (κ1) is 19.4. The minimum atomic E-state index is -0.140. The highest BCUT2D eigenvalue weighted by Crippen LogP contribution is 2.25. The maximum absolute atomic E-state index is 12.8. The van der Waals surface area contributed by atoms with E-state index in [1.165, 1.54) is 38.5 Å². The fourth-order valence-electron chi connectivity index (χ4n) is 4.51. The second-order valence-electron chi connectivity index (χ2n) is 8.01. The third-order valence-electron chi connectivity index (χ3n) is 6.06. The van der Waals surface area contributed by atoms with Crippen molar-refractivity contribution >= 4 is 17.5 Å². The SMILES string of the molecule is Cc1c(C(=O)N[C@H]2CCN(C3CCCCCC3)C2)nnn1-c1cccc(Cl)c1.